The van der Waals surface area contributed by atoms with E-state index >= 15 is 0 Å². The highest BCUT2D eigenvalue weighted by Gasteiger charge is 2.54. The first-order valence-corrected chi connectivity index (χ1v) is 6.69. The van der Waals surface area contributed by atoms with Gasteiger partial charge in [0.15, 0.2) is 0 Å². The van der Waals surface area contributed by atoms with E-state index in [4.69, 9.17) is 0 Å². The third-order valence-electron chi connectivity index (χ3n) is 4.43. The van der Waals surface area contributed by atoms with Crippen LogP contribution in [0.3, 0.4) is 0 Å². The van der Waals surface area contributed by atoms with Gasteiger partial charge in [-0.1, -0.05) is 35.4 Å². The van der Waals surface area contributed by atoms with Gasteiger partial charge in [0.05, 0.1) is 12.3 Å². The normalized spacial score (nSPS) is 26.2. The van der Waals surface area contributed by atoms with Gasteiger partial charge < -0.3 is 0 Å². The molecule has 1 aromatic carbocycles. The Hall–Kier alpha value is -2.15. The maximum atomic E-state index is 11.6. The molecule has 1 aliphatic rings. The highest BCUT2D eigenvalue weighted by Crippen LogP contribution is 2.45. The molecule has 4 nitrogen and oxygen atoms in total. The quantitative estimate of drug-likeness (QED) is 0.467. The number of hydrogen-bond acceptors (Lipinski definition) is 3. The lowest BCUT2D eigenvalue weighted by molar-refractivity contribution is -0.557. The molecule has 0 unspecified atom stereocenters. The summed E-state index contributed by atoms with van der Waals surface area (Å²) in [6.07, 6.45) is 0.784. The van der Waals surface area contributed by atoms with E-state index in [0.717, 1.165) is 22.3 Å². The van der Waals surface area contributed by atoms with Crippen LogP contribution in [0, 0.1) is 28.4 Å². The van der Waals surface area contributed by atoms with E-state index in [-0.39, 0.29) is 17.3 Å². The van der Waals surface area contributed by atoms with Crippen molar-refractivity contribution in [2.45, 2.75) is 45.1 Å². The lowest BCUT2D eigenvalue weighted by atomic mass is 9.68. The zero-order valence-electron chi connectivity index (χ0n) is 12.0. The highest BCUT2D eigenvalue weighted by molar-refractivity contribution is 5.39. The van der Waals surface area contributed by atoms with Crippen LogP contribution in [0.1, 0.15) is 43.7 Å². The Labute approximate surface area is 118 Å². The number of nitrogens with zero attached hydrogens (tertiary/aromatic N) is 2. The molecule has 1 aromatic rings. The van der Waals surface area contributed by atoms with Crippen LogP contribution in [0.5, 0.6) is 0 Å². The Kier molecular flexibility index (Phi) is 3.63. The summed E-state index contributed by atoms with van der Waals surface area (Å²) in [7, 11) is 0. The van der Waals surface area contributed by atoms with E-state index < -0.39 is 5.54 Å². The van der Waals surface area contributed by atoms with Crippen LogP contribution in [0.2, 0.25) is 0 Å². The topological polar surface area (TPSA) is 66.9 Å². The molecule has 0 N–H and O–H groups in total. The molecule has 0 amide bonds. The molecule has 0 fully saturated rings. The van der Waals surface area contributed by atoms with Gasteiger partial charge >= 0.3 is 5.54 Å². The Morgan fingerprint density at radius 3 is 2.50 bits per heavy atom. The monoisotopic (exact) mass is 270 g/mol. The van der Waals surface area contributed by atoms with E-state index in [2.05, 4.69) is 0 Å². The standard InChI is InChI=1S/C16H18N2O2/c1-11-6-4-5-7-14(11)15-8-12(2)13(3)9-16(15,10-17)18(19)20/h4-7,15H,8-9H2,1-3H3/t15-,16-/m1/s1. The zero-order valence-corrected chi connectivity index (χ0v) is 12.0. The number of nitro groups is 1. The van der Waals surface area contributed by atoms with Crippen LogP contribution in [0.15, 0.2) is 35.4 Å². The minimum atomic E-state index is -1.55. The lowest BCUT2D eigenvalue weighted by Crippen LogP contribution is -2.45. The van der Waals surface area contributed by atoms with Crippen molar-refractivity contribution in [3.05, 3.63) is 56.7 Å². The molecule has 20 heavy (non-hydrogen) atoms. The van der Waals surface area contributed by atoms with Crippen molar-refractivity contribution in [3.8, 4) is 6.07 Å². The molecule has 0 saturated carbocycles. The van der Waals surface area contributed by atoms with Crippen molar-refractivity contribution in [2.24, 2.45) is 0 Å². The average molecular weight is 270 g/mol. The maximum absolute atomic E-state index is 11.6. The van der Waals surface area contributed by atoms with Crippen LogP contribution in [0.4, 0.5) is 0 Å². The van der Waals surface area contributed by atoms with Crippen molar-refractivity contribution in [3.63, 3.8) is 0 Å². The number of nitriles is 1. The molecular formula is C16H18N2O2. The number of rotatable bonds is 2. The van der Waals surface area contributed by atoms with Crippen LogP contribution in [0.25, 0.3) is 0 Å². The molecule has 4 heteroatoms. The van der Waals surface area contributed by atoms with Crippen LogP contribution >= 0.6 is 0 Å². The predicted molar refractivity (Wildman–Crippen MR) is 76.9 cm³/mol. The van der Waals surface area contributed by atoms with Crippen LogP contribution < -0.4 is 0 Å². The van der Waals surface area contributed by atoms with E-state index in [1.165, 1.54) is 0 Å². The number of allylic oxidation sites excluding steroid dienone is 1. The fraction of sp³-hybridized carbons (Fsp3) is 0.438. The molecule has 0 heterocycles. The van der Waals surface area contributed by atoms with Crippen molar-refractivity contribution in [1.29, 1.82) is 5.26 Å². The molecule has 0 aliphatic heterocycles. The van der Waals surface area contributed by atoms with E-state index in [1.807, 2.05) is 51.1 Å². The van der Waals surface area contributed by atoms with Gasteiger partial charge in [0.25, 0.3) is 0 Å². The van der Waals surface area contributed by atoms with Crippen LogP contribution in [-0.2, 0) is 0 Å². The van der Waals surface area contributed by atoms with Crippen molar-refractivity contribution < 1.29 is 4.92 Å². The van der Waals surface area contributed by atoms with Gasteiger partial charge in [-0.05, 0) is 38.3 Å². The first-order valence-electron chi connectivity index (χ1n) is 6.69. The van der Waals surface area contributed by atoms with Crippen LogP contribution in [-0.4, -0.2) is 10.5 Å². The second kappa shape index (κ2) is 5.09. The van der Waals surface area contributed by atoms with Gasteiger partial charge in [-0.2, -0.15) is 5.26 Å². The maximum Gasteiger partial charge on any atom is 0.316 e. The van der Waals surface area contributed by atoms with Crippen molar-refractivity contribution in [1.82, 2.24) is 0 Å². The first kappa shape index (κ1) is 14.3. The third kappa shape index (κ3) is 2.09. The summed E-state index contributed by atoms with van der Waals surface area (Å²) >= 11 is 0. The summed E-state index contributed by atoms with van der Waals surface area (Å²) < 4.78 is 0. The average Bonchev–Trinajstić information content (AvgIpc) is 2.42. The largest absolute Gasteiger partial charge is 0.316 e. The summed E-state index contributed by atoms with van der Waals surface area (Å²) in [5.74, 6) is -0.382. The summed E-state index contributed by atoms with van der Waals surface area (Å²) in [5.41, 5.74) is 2.50. The second-order valence-corrected chi connectivity index (χ2v) is 5.64. The zero-order chi connectivity index (χ0) is 14.9. The molecular weight excluding hydrogens is 252 g/mol. The van der Waals surface area contributed by atoms with Gasteiger partial charge in [0.1, 0.15) is 6.07 Å². The predicted octanol–water partition coefficient (Wildman–Crippen LogP) is 3.75. The molecule has 2 atom stereocenters. The summed E-state index contributed by atoms with van der Waals surface area (Å²) in [5, 5.41) is 21.1. The molecule has 0 aromatic heterocycles. The van der Waals surface area contributed by atoms with Gasteiger partial charge in [0, 0.05) is 4.92 Å². The third-order valence-corrected chi connectivity index (χ3v) is 4.43. The smallest absolute Gasteiger partial charge is 0.263 e. The molecule has 104 valence electrons. The second-order valence-electron chi connectivity index (χ2n) is 5.64. The number of benzene rings is 1. The molecule has 0 spiro atoms. The lowest BCUT2D eigenvalue weighted by Gasteiger charge is -2.34. The van der Waals surface area contributed by atoms with Gasteiger partial charge in [0.2, 0.25) is 0 Å². The first-order chi connectivity index (χ1) is 9.42. The molecule has 0 radical (unpaired) electrons. The highest BCUT2D eigenvalue weighted by atomic mass is 16.6. The summed E-state index contributed by atoms with van der Waals surface area (Å²) in [6.45, 7) is 5.83. The van der Waals surface area contributed by atoms with Gasteiger partial charge in [-0.15, -0.1) is 0 Å². The minimum absolute atomic E-state index is 0.210. The Balaban J connectivity index is 2.62. The SMILES string of the molecule is CC1=C(C)C[C@](C#N)([N+](=O)[O-])[C@@H](c2ccccc2C)C1. The Morgan fingerprint density at radius 1 is 1.30 bits per heavy atom. The van der Waals surface area contributed by atoms with Crippen molar-refractivity contribution in [2.75, 3.05) is 0 Å². The molecule has 1 aliphatic carbocycles. The van der Waals surface area contributed by atoms with E-state index in [9.17, 15) is 15.4 Å². The Morgan fingerprint density at radius 2 is 1.95 bits per heavy atom. The van der Waals surface area contributed by atoms with Gasteiger partial charge in [-0.25, -0.2) is 0 Å². The summed E-state index contributed by atoms with van der Waals surface area (Å²) in [4.78, 5) is 11.2. The molecule has 0 saturated heterocycles. The number of hydrogen-bond donors (Lipinski definition) is 0. The molecule has 2 rings (SSSR count). The summed E-state index contributed by atoms with van der Waals surface area (Å²) in [6, 6.07) is 9.65. The number of aryl methyl sites for hydroxylation is 1. The fourth-order valence-electron chi connectivity index (χ4n) is 3.02. The van der Waals surface area contributed by atoms with Crippen molar-refractivity contribution >= 4 is 0 Å². The minimum Gasteiger partial charge on any atom is -0.263 e. The molecule has 0 bridgehead atoms. The Bertz CT molecular complexity index is 628. The fourth-order valence-corrected chi connectivity index (χ4v) is 3.02. The van der Waals surface area contributed by atoms with Gasteiger partial charge in [-0.3, -0.25) is 10.1 Å². The van der Waals surface area contributed by atoms with E-state index in [1.54, 1.807) is 0 Å². The van der Waals surface area contributed by atoms with E-state index in [0.29, 0.717) is 6.42 Å².